The van der Waals surface area contributed by atoms with Gasteiger partial charge in [0.15, 0.2) is 0 Å². The summed E-state index contributed by atoms with van der Waals surface area (Å²) in [5.41, 5.74) is 1.31. The fourth-order valence-electron chi connectivity index (χ4n) is 1.48. The summed E-state index contributed by atoms with van der Waals surface area (Å²) >= 11 is 6.05. The number of nitrogens with one attached hydrogen (secondary N) is 2. The maximum Gasteiger partial charge on any atom is 0.251 e. The Balaban J connectivity index is 2.86. The van der Waals surface area contributed by atoms with Gasteiger partial charge in [-0.1, -0.05) is 11.6 Å². The van der Waals surface area contributed by atoms with Gasteiger partial charge in [-0.15, -0.1) is 0 Å². The molecule has 0 aliphatic rings. The molecule has 94 valence electrons. The number of anilines is 1. The van der Waals surface area contributed by atoms with Crippen molar-refractivity contribution in [3.8, 4) is 0 Å². The molecule has 0 spiro atoms. The molecule has 0 saturated carbocycles. The molecule has 1 atom stereocenters. The van der Waals surface area contributed by atoms with Crippen LogP contribution in [0.5, 0.6) is 0 Å². The van der Waals surface area contributed by atoms with Crippen LogP contribution >= 0.6 is 11.6 Å². The summed E-state index contributed by atoms with van der Waals surface area (Å²) in [6.45, 7) is 2.55. The third-order valence-electron chi connectivity index (χ3n) is 2.27. The van der Waals surface area contributed by atoms with Gasteiger partial charge < -0.3 is 15.4 Å². The summed E-state index contributed by atoms with van der Waals surface area (Å²) in [4.78, 5) is 11.5. The van der Waals surface area contributed by atoms with Gasteiger partial charge in [0.05, 0.1) is 17.3 Å². The molecule has 17 heavy (non-hydrogen) atoms. The van der Waals surface area contributed by atoms with Crippen LogP contribution in [0.1, 0.15) is 17.3 Å². The fraction of sp³-hybridized carbons (Fsp3) is 0.417. The number of rotatable bonds is 5. The Labute approximate surface area is 106 Å². The molecule has 0 radical (unpaired) electrons. The van der Waals surface area contributed by atoms with Crippen molar-refractivity contribution < 1.29 is 9.53 Å². The van der Waals surface area contributed by atoms with Gasteiger partial charge in [0, 0.05) is 25.8 Å². The molecule has 1 aromatic carbocycles. The Morgan fingerprint density at radius 2 is 2.24 bits per heavy atom. The van der Waals surface area contributed by atoms with Crippen molar-refractivity contribution in [3.63, 3.8) is 0 Å². The first-order valence-electron chi connectivity index (χ1n) is 5.35. The number of ether oxygens (including phenoxy) is 1. The van der Waals surface area contributed by atoms with Crippen LogP contribution in [0, 0.1) is 0 Å². The van der Waals surface area contributed by atoms with Gasteiger partial charge in [-0.3, -0.25) is 4.79 Å². The molecule has 0 bridgehead atoms. The molecular formula is C12H17ClN2O2. The number of hydrogen-bond donors (Lipinski definition) is 2. The van der Waals surface area contributed by atoms with Crippen LogP contribution in [-0.4, -0.2) is 32.7 Å². The molecular weight excluding hydrogens is 240 g/mol. The second kappa shape index (κ2) is 6.47. The lowest BCUT2D eigenvalue weighted by atomic mass is 10.1. The minimum Gasteiger partial charge on any atom is -0.383 e. The molecule has 1 amide bonds. The molecule has 0 aromatic heterocycles. The van der Waals surface area contributed by atoms with E-state index in [2.05, 4.69) is 10.6 Å². The van der Waals surface area contributed by atoms with Crippen molar-refractivity contribution in [1.29, 1.82) is 0 Å². The summed E-state index contributed by atoms with van der Waals surface area (Å²) in [7, 11) is 3.23. The lowest BCUT2D eigenvalue weighted by Crippen LogP contribution is -2.22. The average molecular weight is 257 g/mol. The first kappa shape index (κ1) is 13.8. The predicted octanol–water partition coefficient (Wildman–Crippen LogP) is 2.15. The van der Waals surface area contributed by atoms with E-state index in [1.807, 2.05) is 6.92 Å². The highest BCUT2D eigenvalue weighted by molar-refractivity contribution is 6.33. The van der Waals surface area contributed by atoms with Crippen LogP contribution in [-0.2, 0) is 4.74 Å². The quantitative estimate of drug-likeness (QED) is 0.849. The highest BCUT2D eigenvalue weighted by atomic mass is 35.5. The lowest BCUT2D eigenvalue weighted by Gasteiger charge is -2.16. The molecule has 1 unspecified atom stereocenters. The van der Waals surface area contributed by atoms with Crippen molar-refractivity contribution in [3.05, 3.63) is 28.8 Å². The average Bonchev–Trinajstić information content (AvgIpc) is 2.31. The molecule has 0 aliphatic heterocycles. The van der Waals surface area contributed by atoms with Gasteiger partial charge in [0.2, 0.25) is 0 Å². The number of carbonyl (C=O) groups excluding carboxylic acids is 1. The smallest absolute Gasteiger partial charge is 0.251 e. The van der Waals surface area contributed by atoms with Gasteiger partial charge >= 0.3 is 0 Å². The first-order valence-corrected chi connectivity index (χ1v) is 5.73. The van der Waals surface area contributed by atoms with Crippen molar-refractivity contribution in [2.24, 2.45) is 0 Å². The van der Waals surface area contributed by atoms with Crippen LogP contribution < -0.4 is 10.6 Å². The zero-order valence-electron chi connectivity index (χ0n) is 10.2. The summed E-state index contributed by atoms with van der Waals surface area (Å²) in [6.07, 6.45) is 0. The van der Waals surface area contributed by atoms with Crippen molar-refractivity contribution in [2.45, 2.75) is 13.0 Å². The van der Waals surface area contributed by atoms with Crippen LogP contribution in [0.25, 0.3) is 0 Å². The van der Waals surface area contributed by atoms with Gasteiger partial charge in [0.25, 0.3) is 5.91 Å². The highest BCUT2D eigenvalue weighted by Crippen LogP contribution is 2.23. The van der Waals surface area contributed by atoms with E-state index in [1.165, 1.54) is 0 Å². The number of carbonyl (C=O) groups is 1. The monoisotopic (exact) mass is 256 g/mol. The van der Waals surface area contributed by atoms with E-state index in [9.17, 15) is 4.79 Å². The Bertz CT molecular complexity index is 396. The van der Waals surface area contributed by atoms with Crippen molar-refractivity contribution in [2.75, 3.05) is 26.1 Å². The summed E-state index contributed by atoms with van der Waals surface area (Å²) in [6, 6.07) is 5.24. The number of methoxy groups -OCH3 is 1. The highest BCUT2D eigenvalue weighted by Gasteiger charge is 2.09. The van der Waals surface area contributed by atoms with Gasteiger partial charge in [0.1, 0.15) is 0 Å². The van der Waals surface area contributed by atoms with E-state index >= 15 is 0 Å². The SMILES string of the molecule is CNC(=O)c1ccc(Cl)c(NC(C)COC)c1. The standard InChI is InChI=1S/C12H17ClN2O2/c1-8(7-17-3)15-11-6-9(12(16)14-2)4-5-10(11)13/h4-6,8,15H,7H2,1-3H3,(H,14,16). The molecule has 1 rings (SSSR count). The fourth-order valence-corrected chi connectivity index (χ4v) is 1.65. The third kappa shape index (κ3) is 3.91. The Morgan fingerprint density at radius 1 is 1.53 bits per heavy atom. The summed E-state index contributed by atoms with van der Waals surface area (Å²) < 4.78 is 5.03. The van der Waals surface area contributed by atoms with Crippen LogP contribution in [0.2, 0.25) is 5.02 Å². The maximum absolute atomic E-state index is 11.5. The van der Waals surface area contributed by atoms with E-state index in [-0.39, 0.29) is 11.9 Å². The second-order valence-electron chi connectivity index (χ2n) is 3.77. The Kier molecular flexibility index (Phi) is 5.25. The van der Waals surface area contributed by atoms with E-state index < -0.39 is 0 Å². The molecule has 1 aromatic rings. The topological polar surface area (TPSA) is 50.4 Å². The van der Waals surface area contributed by atoms with Gasteiger partial charge in [-0.25, -0.2) is 0 Å². The minimum atomic E-state index is -0.135. The minimum absolute atomic E-state index is 0.123. The summed E-state index contributed by atoms with van der Waals surface area (Å²) in [5.74, 6) is -0.135. The van der Waals surface area contributed by atoms with Crippen molar-refractivity contribution in [1.82, 2.24) is 5.32 Å². The molecule has 4 nitrogen and oxygen atoms in total. The number of halogens is 1. The van der Waals surface area contributed by atoms with Crippen molar-refractivity contribution >= 4 is 23.2 Å². The maximum atomic E-state index is 11.5. The van der Waals surface area contributed by atoms with E-state index in [0.29, 0.717) is 17.2 Å². The zero-order valence-corrected chi connectivity index (χ0v) is 11.0. The molecule has 0 aliphatic carbocycles. The van der Waals surface area contributed by atoms with Crippen LogP contribution in [0.15, 0.2) is 18.2 Å². The Hall–Kier alpha value is -1.26. The molecule has 0 heterocycles. The van der Waals surface area contributed by atoms with E-state index in [4.69, 9.17) is 16.3 Å². The van der Waals surface area contributed by atoms with Crippen LogP contribution in [0.3, 0.4) is 0 Å². The number of hydrogen-bond acceptors (Lipinski definition) is 3. The van der Waals surface area contributed by atoms with E-state index in [1.54, 1.807) is 32.4 Å². The number of amides is 1. The lowest BCUT2D eigenvalue weighted by molar-refractivity contribution is 0.0963. The third-order valence-corrected chi connectivity index (χ3v) is 2.60. The second-order valence-corrected chi connectivity index (χ2v) is 4.18. The Morgan fingerprint density at radius 3 is 2.82 bits per heavy atom. The van der Waals surface area contributed by atoms with Gasteiger partial charge in [-0.2, -0.15) is 0 Å². The van der Waals surface area contributed by atoms with E-state index in [0.717, 1.165) is 5.69 Å². The van der Waals surface area contributed by atoms with Gasteiger partial charge in [-0.05, 0) is 25.1 Å². The largest absolute Gasteiger partial charge is 0.383 e. The predicted molar refractivity (Wildman–Crippen MR) is 69.8 cm³/mol. The first-order chi connectivity index (χ1) is 8.08. The zero-order chi connectivity index (χ0) is 12.8. The molecule has 2 N–H and O–H groups in total. The van der Waals surface area contributed by atoms with Crippen LogP contribution in [0.4, 0.5) is 5.69 Å². The molecule has 0 saturated heterocycles. The summed E-state index contributed by atoms with van der Waals surface area (Å²) in [5, 5.41) is 6.35. The molecule has 5 heteroatoms. The molecule has 0 fully saturated rings. The normalized spacial score (nSPS) is 12.0. The number of benzene rings is 1.